The van der Waals surface area contributed by atoms with Crippen LogP contribution in [0.2, 0.25) is 5.02 Å². The van der Waals surface area contributed by atoms with Gasteiger partial charge in [0.2, 0.25) is 0 Å². The fraction of sp³-hybridized carbons (Fsp3) is 0.160. The smallest absolute Gasteiger partial charge is 0.162 e. The van der Waals surface area contributed by atoms with Gasteiger partial charge in [0, 0.05) is 34.9 Å². The monoisotopic (exact) mass is 450 g/mol. The van der Waals surface area contributed by atoms with Crippen molar-refractivity contribution in [3.63, 3.8) is 0 Å². The molecule has 0 aliphatic heterocycles. The Morgan fingerprint density at radius 3 is 2.38 bits per heavy atom. The highest BCUT2D eigenvalue weighted by molar-refractivity contribution is 6.30. The Bertz CT molecular complexity index is 1200. The summed E-state index contributed by atoms with van der Waals surface area (Å²) in [5, 5.41) is 4.82. The van der Waals surface area contributed by atoms with Crippen molar-refractivity contribution < 1.29 is 18.9 Å². The number of halogens is 1. The Morgan fingerprint density at radius 2 is 1.62 bits per heavy atom. The second-order valence-corrected chi connectivity index (χ2v) is 7.33. The molecule has 32 heavy (non-hydrogen) atoms. The van der Waals surface area contributed by atoms with Crippen LogP contribution in [0.15, 0.2) is 72.9 Å². The fourth-order valence-corrected chi connectivity index (χ4v) is 3.41. The summed E-state index contributed by atoms with van der Waals surface area (Å²) in [6.45, 7) is 1.18. The van der Waals surface area contributed by atoms with E-state index in [2.05, 4.69) is 10.3 Å². The van der Waals surface area contributed by atoms with E-state index in [0.29, 0.717) is 41.2 Å². The molecule has 164 valence electrons. The molecule has 3 aromatic carbocycles. The number of fused-ring (bicyclic) bond motifs is 1. The molecule has 0 atom stereocenters. The Morgan fingerprint density at radius 1 is 0.844 bits per heavy atom. The number of rotatable bonds is 9. The summed E-state index contributed by atoms with van der Waals surface area (Å²) in [7, 11) is 3.20. The number of anilines is 1. The lowest BCUT2D eigenvalue weighted by Gasteiger charge is -2.13. The summed E-state index contributed by atoms with van der Waals surface area (Å²) in [5.41, 5.74) is 1.73. The number of nitrogens with zero attached hydrogens (tertiary/aromatic N) is 1. The van der Waals surface area contributed by atoms with Gasteiger partial charge in [0.05, 0.1) is 19.7 Å². The minimum Gasteiger partial charge on any atom is -0.493 e. The Balaban J connectivity index is 1.38. The molecule has 0 bridgehead atoms. The molecule has 4 aromatic rings. The topological polar surface area (TPSA) is 61.8 Å². The highest BCUT2D eigenvalue weighted by Gasteiger charge is 2.11. The van der Waals surface area contributed by atoms with Gasteiger partial charge >= 0.3 is 0 Å². The molecule has 4 rings (SSSR count). The van der Waals surface area contributed by atoms with Crippen LogP contribution in [-0.2, 0) is 0 Å². The average molecular weight is 451 g/mol. The third kappa shape index (κ3) is 5.15. The van der Waals surface area contributed by atoms with Gasteiger partial charge in [-0.25, -0.2) is 0 Å². The number of hydrogen-bond donors (Lipinski definition) is 1. The number of nitrogens with one attached hydrogen (secondary N) is 1. The van der Waals surface area contributed by atoms with Crippen molar-refractivity contribution >= 4 is 28.2 Å². The van der Waals surface area contributed by atoms with Crippen LogP contribution in [0.3, 0.4) is 0 Å². The number of methoxy groups -OCH3 is 2. The SMILES string of the molecule is COc1cc2nccc(Oc3ccc(NCCOc4cccc(Cl)c4)cc3)c2cc1OC. The number of pyridine rings is 1. The summed E-state index contributed by atoms with van der Waals surface area (Å²) in [4.78, 5) is 4.41. The molecule has 0 saturated heterocycles. The van der Waals surface area contributed by atoms with E-state index >= 15 is 0 Å². The third-order valence-electron chi connectivity index (χ3n) is 4.78. The van der Waals surface area contributed by atoms with Crippen molar-refractivity contribution in [2.75, 3.05) is 32.7 Å². The maximum absolute atomic E-state index is 6.11. The third-order valence-corrected chi connectivity index (χ3v) is 5.02. The molecule has 6 nitrogen and oxygen atoms in total. The van der Waals surface area contributed by atoms with Crippen molar-refractivity contribution in [3.8, 4) is 28.7 Å². The van der Waals surface area contributed by atoms with Crippen LogP contribution in [0.1, 0.15) is 0 Å². The molecule has 0 radical (unpaired) electrons. The Labute approximate surface area is 191 Å². The average Bonchev–Trinajstić information content (AvgIpc) is 2.82. The summed E-state index contributed by atoms with van der Waals surface area (Å²) < 4.78 is 22.6. The van der Waals surface area contributed by atoms with Crippen molar-refractivity contribution in [2.24, 2.45) is 0 Å². The molecule has 7 heteroatoms. The lowest BCUT2D eigenvalue weighted by molar-refractivity contribution is 0.333. The maximum Gasteiger partial charge on any atom is 0.162 e. The Kier molecular flexibility index (Phi) is 6.82. The number of benzene rings is 3. The summed E-state index contributed by atoms with van der Waals surface area (Å²) in [5.74, 6) is 3.40. The maximum atomic E-state index is 6.11. The molecular weight excluding hydrogens is 428 g/mol. The predicted molar refractivity (Wildman–Crippen MR) is 127 cm³/mol. The van der Waals surface area contributed by atoms with Crippen LogP contribution in [0.25, 0.3) is 10.9 Å². The molecule has 0 saturated carbocycles. The van der Waals surface area contributed by atoms with Crippen molar-refractivity contribution in [3.05, 3.63) is 77.9 Å². The van der Waals surface area contributed by atoms with E-state index < -0.39 is 0 Å². The summed E-state index contributed by atoms with van der Waals surface area (Å²) in [6, 6.07) is 20.6. The summed E-state index contributed by atoms with van der Waals surface area (Å²) in [6.07, 6.45) is 1.71. The molecule has 0 aliphatic carbocycles. The molecule has 0 unspecified atom stereocenters. The van der Waals surface area contributed by atoms with E-state index in [9.17, 15) is 0 Å². The fourth-order valence-electron chi connectivity index (χ4n) is 3.23. The number of hydrogen-bond acceptors (Lipinski definition) is 6. The largest absolute Gasteiger partial charge is 0.493 e. The number of ether oxygens (including phenoxy) is 4. The standard InChI is InChI=1S/C25H23ClN2O4/c1-29-24-15-21-22(16-25(24)30-2)28-11-10-23(21)32-19-8-6-18(7-9-19)27-12-13-31-20-5-3-4-17(26)14-20/h3-11,14-16,27H,12-13H2,1-2H3. The van der Waals surface area contributed by atoms with E-state index in [-0.39, 0.29) is 0 Å². The molecular formula is C25H23ClN2O4. The molecule has 1 heterocycles. The van der Waals surface area contributed by atoms with Crippen molar-refractivity contribution in [1.29, 1.82) is 0 Å². The quantitative estimate of drug-likeness (QED) is 0.307. The minimum atomic E-state index is 0.521. The van der Waals surface area contributed by atoms with Gasteiger partial charge < -0.3 is 24.3 Å². The molecule has 0 spiro atoms. The first kappa shape index (κ1) is 21.6. The highest BCUT2D eigenvalue weighted by Crippen LogP contribution is 2.36. The van der Waals surface area contributed by atoms with E-state index in [0.717, 1.165) is 22.3 Å². The van der Waals surface area contributed by atoms with Crippen LogP contribution in [-0.4, -0.2) is 32.4 Å². The lowest BCUT2D eigenvalue weighted by Crippen LogP contribution is -2.11. The van der Waals surface area contributed by atoms with Crippen LogP contribution in [0, 0.1) is 0 Å². The van der Waals surface area contributed by atoms with Gasteiger partial charge in [-0.1, -0.05) is 17.7 Å². The lowest BCUT2D eigenvalue weighted by atomic mass is 10.2. The first-order valence-electron chi connectivity index (χ1n) is 10.1. The van der Waals surface area contributed by atoms with Crippen molar-refractivity contribution in [1.82, 2.24) is 4.98 Å². The van der Waals surface area contributed by atoms with Gasteiger partial charge in [-0.05, 0) is 54.6 Å². The van der Waals surface area contributed by atoms with Crippen molar-refractivity contribution in [2.45, 2.75) is 0 Å². The van der Waals surface area contributed by atoms with Gasteiger partial charge in [-0.2, -0.15) is 0 Å². The molecule has 0 fully saturated rings. The second kappa shape index (κ2) is 10.1. The first-order valence-corrected chi connectivity index (χ1v) is 10.4. The molecule has 0 amide bonds. The van der Waals surface area contributed by atoms with Gasteiger partial charge in [0.1, 0.15) is 23.9 Å². The van der Waals surface area contributed by atoms with Gasteiger partial charge in [0.15, 0.2) is 11.5 Å². The molecule has 1 N–H and O–H groups in total. The van der Waals surface area contributed by atoms with Gasteiger partial charge in [0.25, 0.3) is 0 Å². The normalized spacial score (nSPS) is 10.6. The molecule has 1 aromatic heterocycles. The van der Waals surface area contributed by atoms with Crippen LogP contribution >= 0.6 is 11.6 Å². The predicted octanol–water partition coefficient (Wildman–Crippen LogP) is 6.19. The highest BCUT2D eigenvalue weighted by atomic mass is 35.5. The second-order valence-electron chi connectivity index (χ2n) is 6.89. The molecule has 0 aliphatic rings. The first-order chi connectivity index (χ1) is 15.7. The van der Waals surface area contributed by atoms with E-state index in [1.165, 1.54) is 0 Å². The number of aromatic nitrogens is 1. The van der Waals surface area contributed by atoms with Gasteiger partial charge in [-0.3, -0.25) is 4.98 Å². The van der Waals surface area contributed by atoms with Crippen LogP contribution < -0.4 is 24.3 Å². The van der Waals surface area contributed by atoms with Crippen LogP contribution in [0.4, 0.5) is 5.69 Å². The Hall–Kier alpha value is -3.64. The van der Waals surface area contributed by atoms with Gasteiger partial charge in [-0.15, -0.1) is 0 Å². The van der Waals surface area contributed by atoms with E-state index in [1.54, 1.807) is 26.5 Å². The van der Waals surface area contributed by atoms with E-state index in [4.69, 9.17) is 30.5 Å². The minimum absolute atomic E-state index is 0.521. The zero-order valence-electron chi connectivity index (χ0n) is 17.8. The summed E-state index contributed by atoms with van der Waals surface area (Å²) >= 11 is 5.96. The zero-order chi connectivity index (χ0) is 22.3. The zero-order valence-corrected chi connectivity index (χ0v) is 18.6. The van der Waals surface area contributed by atoms with E-state index in [1.807, 2.05) is 60.7 Å². The van der Waals surface area contributed by atoms with Crippen LogP contribution in [0.5, 0.6) is 28.7 Å².